The van der Waals surface area contributed by atoms with Gasteiger partial charge >= 0.3 is 0 Å². The maximum absolute atomic E-state index is 7.65. The molecule has 1 fully saturated rings. The molecule has 0 saturated carbocycles. The number of anilines is 1. The molecule has 2 N–H and O–H groups in total. The van der Waals surface area contributed by atoms with Crippen molar-refractivity contribution in [3.63, 3.8) is 0 Å². The molecule has 3 nitrogen and oxygen atoms in total. The fourth-order valence-electron chi connectivity index (χ4n) is 0.848. The van der Waals surface area contributed by atoms with Gasteiger partial charge in [0.15, 0.2) is 0 Å². The summed E-state index contributed by atoms with van der Waals surface area (Å²) in [5, 5.41) is 0. The molecule has 64 valence electrons. The van der Waals surface area contributed by atoms with Gasteiger partial charge in [0.1, 0.15) is 11.9 Å². The second-order valence-corrected chi connectivity index (χ2v) is 2.52. The summed E-state index contributed by atoms with van der Waals surface area (Å²) in [6.45, 7) is 0.823. The predicted octanol–water partition coefficient (Wildman–Crippen LogP) is 1.05. The summed E-state index contributed by atoms with van der Waals surface area (Å²) in [5.41, 5.74) is 5.37. The van der Waals surface area contributed by atoms with E-state index in [1.54, 1.807) is 0 Å². The third-order valence-electron chi connectivity index (χ3n) is 1.51. The third-order valence-corrected chi connectivity index (χ3v) is 1.51. The first-order valence-electron chi connectivity index (χ1n) is 5.62. The quantitative estimate of drug-likeness (QED) is 0.673. The molecule has 0 radical (unpaired) electrons. The van der Waals surface area contributed by atoms with Crippen molar-refractivity contribution in [1.82, 2.24) is 0 Å². The molecule has 12 heavy (non-hydrogen) atoms. The van der Waals surface area contributed by atoms with Crippen LogP contribution in [0, 0.1) is 0 Å². The van der Waals surface area contributed by atoms with Gasteiger partial charge in [-0.3, -0.25) is 0 Å². The molecule has 0 aliphatic carbocycles. The molecule has 0 amide bonds. The molecule has 1 aliphatic heterocycles. The van der Waals surface area contributed by atoms with Crippen molar-refractivity contribution in [2.45, 2.75) is 6.10 Å². The van der Waals surface area contributed by atoms with E-state index in [2.05, 4.69) is 0 Å². The van der Waals surface area contributed by atoms with E-state index in [1.807, 2.05) is 0 Å². The Balaban J connectivity index is 2.42. The van der Waals surface area contributed by atoms with Crippen molar-refractivity contribution < 1.29 is 15.0 Å². The number of hydrogen-bond acceptors (Lipinski definition) is 3. The van der Waals surface area contributed by atoms with Crippen molar-refractivity contribution in [3.05, 3.63) is 24.2 Å². The van der Waals surface area contributed by atoms with Crippen molar-refractivity contribution in [2.75, 3.05) is 18.9 Å². The summed E-state index contributed by atoms with van der Waals surface area (Å²) in [4.78, 5) is 0. The third kappa shape index (κ3) is 1.51. The standard InChI is InChI=1S/C9H11NO2/c10-7-2-1-3-8(4-7)12-9-5-11-6-9/h1-4,9H,5-6,10H2/i1D,2D,3D,4D. The first-order chi connectivity index (χ1) is 7.52. The van der Waals surface area contributed by atoms with Crippen molar-refractivity contribution in [2.24, 2.45) is 0 Å². The van der Waals surface area contributed by atoms with Crippen LogP contribution in [0.5, 0.6) is 5.75 Å². The zero-order valence-electron chi connectivity index (χ0n) is 10.4. The van der Waals surface area contributed by atoms with E-state index in [0.29, 0.717) is 13.2 Å². The molecule has 1 aromatic carbocycles. The lowest BCUT2D eigenvalue weighted by Crippen LogP contribution is -2.38. The summed E-state index contributed by atoms with van der Waals surface area (Å²) >= 11 is 0. The molecule has 1 aliphatic rings. The number of nitrogen functional groups attached to an aromatic ring is 1. The molecule has 0 bridgehead atoms. The van der Waals surface area contributed by atoms with Gasteiger partial charge in [-0.25, -0.2) is 0 Å². The minimum atomic E-state index is -0.316. The van der Waals surface area contributed by atoms with Gasteiger partial charge in [0.25, 0.3) is 0 Å². The van der Waals surface area contributed by atoms with Gasteiger partial charge in [-0.05, 0) is 12.1 Å². The molecule has 1 heterocycles. The van der Waals surface area contributed by atoms with Gasteiger partial charge < -0.3 is 15.2 Å². The Morgan fingerprint density at radius 3 is 3.08 bits per heavy atom. The van der Waals surface area contributed by atoms with Crippen LogP contribution < -0.4 is 10.5 Å². The molecule has 0 spiro atoms. The van der Waals surface area contributed by atoms with Gasteiger partial charge in [-0.1, -0.05) is 6.04 Å². The number of ether oxygens (including phenoxy) is 2. The van der Waals surface area contributed by atoms with Crippen LogP contribution in [-0.2, 0) is 4.74 Å². The highest BCUT2D eigenvalue weighted by atomic mass is 16.6. The minimum absolute atomic E-state index is 0.0354. The molecule has 1 saturated heterocycles. The van der Waals surface area contributed by atoms with Crippen LogP contribution in [-0.4, -0.2) is 19.3 Å². The molecule has 0 aromatic heterocycles. The molecular weight excluding hydrogens is 154 g/mol. The maximum Gasteiger partial charge on any atom is 0.145 e. The first kappa shape index (κ1) is 4.14. The summed E-state index contributed by atoms with van der Waals surface area (Å²) in [5.74, 6) is -0.0354. The second kappa shape index (κ2) is 3.03. The number of rotatable bonds is 2. The Kier molecular flexibility index (Phi) is 1.04. The highest BCUT2D eigenvalue weighted by Crippen LogP contribution is 2.18. The van der Waals surface area contributed by atoms with E-state index in [4.69, 9.17) is 20.7 Å². The molecule has 0 unspecified atom stereocenters. The highest BCUT2D eigenvalue weighted by molar-refractivity contribution is 5.43. The van der Waals surface area contributed by atoms with Crippen LogP contribution in [0.25, 0.3) is 0 Å². The van der Waals surface area contributed by atoms with Crippen LogP contribution in [0.4, 0.5) is 5.69 Å². The zero-order valence-corrected chi connectivity index (χ0v) is 6.39. The Labute approximate surface area is 76.7 Å². The first-order valence-corrected chi connectivity index (χ1v) is 3.62. The summed E-state index contributed by atoms with van der Waals surface area (Å²) in [7, 11) is 0. The van der Waals surface area contributed by atoms with E-state index in [1.165, 1.54) is 0 Å². The van der Waals surface area contributed by atoms with Gasteiger partial charge in [-0.15, -0.1) is 0 Å². The van der Waals surface area contributed by atoms with E-state index in [9.17, 15) is 0 Å². The number of hydrogen-bond donors (Lipinski definition) is 1. The summed E-state index contributed by atoms with van der Waals surface area (Å²) in [6.07, 6.45) is -0.191. The van der Waals surface area contributed by atoms with Crippen molar-refractivity contribution in [1.29, 1.82) is 0 Å². The lowest BCUT2D eigenvalue weighted by atomic mass is 10.3. The second-order valence-electron chi connectivity index (χ2n) is 2.52. The van der Waals surface area contributed by atoms with Crippen LogP contribution in [0.3, 0.4) is 0 Å². The van der Waals surface area contributed by atoms with Crippen LogP contribution in [0.1, 0.15) is 5.48 Å². The molecule has 0 atom stereocenters. The van der Waals surface area contributed by atoms with Gasteiger partial charge in [0, 0.05) is 11.7 Å². The topological polar surface area (TPSA) is 44.5 Å². The SMILES string of the molecule is [2H]c1c([2H])c(N)c([2H])c(OC2COC2)c1[2H]. The smallest absolute Gasteiger partial charge is 0.145 e. The van der Waals surface area contributed by atoms with Crippen LogP contribution in [0.15, 0.2) is 24.2 Å². The average Bonchev–Trinajstić information content (AvgIpc) is 2.21. The molecular formula is C9H11NO2. The average molecular weight is 169 g/mol. The van der Waals surface area contributed by atoms with Crippen molar-refractivity contribution in [3.8, 4) is 5.75 Å². The molecule has 2 rings (SSSR count). The van der Waals surface area contributed by atoms with Crippen LogP contribution in [0.2, 0.25) is 0 Å². The fourth-order valence-corrected chi connectivity index (χ4v) is 0.848. The van der Waals surface area contributed by atoms with Crippen molar-refractivity contribution >= 4 is 5.69 Å². The Bertz CT molecular complexity index is 405. The predicted molar refractivity (Wildman–Crippen MR) is 46.1 cm³/mol. The fraction of sp³-hybridized carbons (Fsp3) is 0.333. The lowest BCUT2D eigenvalue weighted by Gasteiger charge is -2.26. The van der Waals surface area contributed by atoms with Crippen LogP contribution >= 0.6 is 0 Å². The lowest BCUT2D eigenvalue weighted by molar-refractivity contribution is -0.0796. The Morgan fingerprint density at radius 1 is 1.58 bits per heavy atom. The summed E-state index contributed by atoms with van der Waals surface area (Å²) in [6, 6.07) is -1.08. The van der Waals surface area contributed by atoms with E-state index < -0.39 is 0 Å². The number of nitrogens with two attached hydrogens (primary N) is 1. The normalized spacial score (nSPS) is 21.7. The number of benzene rings is 1. The van der Waals surface area contributed by atoms with Gasteiger partial charge in [-0.2, -0.15) is 0 Å². The molecule has 3 heteroatoms. The minimum Gasteiger partial charge on any atom is -0.486 e. The highest BCUT2D eigenvalue weighted by Gasteiger charge is 2.19. The Morgan fingerprint density at radius 2 is 2.42 bits per heavy atom. The van der Waals surface area contributed by atoms with E-state index in [0.717, 1.165) is 0 Å². The van der Waals surface area contributed by atoms with E-state index >= 15 is 0 Å². The summed E-state index contributed by atoms with van der Waals surface area (Å²) < 4.78 is 40.4. The monoisotopic (exact) mass is 169 g/mol. The maximum atomic E-state index is 7.65. The zero-order chi connectivity index (χ0) is 11.9. The molecule has 1 aromatic rings. The van der Waals surface area contributed by atoms with Gasteiger partial charge in [0.2, 0.25) is 0 Å². The van der Waals surface area contributed by atoms with Gasteiger partial charge in [0.05, 0.1) is 18.7 Å². The van der Waals surface area contributed by atoms with E-state index in [-0.39, 0.29) is 41.7 Å². The largest absolute Gasteiger partial charge is 0.486 e. The Hall–Kier alpha value is -1.22.